The van der Waals surface area contributed by atoms with Gasteiger partial charge in [0.25, 0.3) is 0 Å². The predicted octanol–water partition coefficient (Wildman–Crippen LogP) is 2.96. The number of ether oxygens (including phenoxy) is 3. The van der Waals surface area contributed by atoms with Gasteiger partial charge in [-0.2, -0.15) is 0 Å². The average Bonchev–Trinajstić information content (AvgIpc) is 2.59. The molecule has 0 amide bonds. The van der Waals surface area contributed by atoms with Crippen LogP contribution in [0.15, 0.2) is 36.7 Å². The molecule has 0 saturated heterocycles. The number of benzene rings is 1. The summed E-state index contributed by atoms with van der Waals surface area (Å²) in [4.78, 5) is 4.12. The second kappa shape index (κ2) is 7.66. The van der Waals surface area contributed by atoms with Crippen molar-refractivity contribution in [1.82, 2.24) is 10.3 Å². The highest BCUT2D eigenvalue weighted by Crippen LogP contribution is 2.39. The molecule has 118 valence electrons. The molecule has 1 N–H and O–H groups in total. The van der Waals surface area contributed by atoms with Gasteiger partial charge in [0.05, 0.1) is 21.3 Å². The van der Waals surface area contributed by atoms with Crippen LogP contribution < -0.4 is 19.5 Å². The Morgan fingerprint density at radius 3 is 2.27 bits per heavy atom. The topological polar surface area (TPSA) is 52.6 Å². The minimum atomic E-state index is 0.133. The summed E-state index contributed by atoms with van der Waals surface area (Å²) in [5.41, 5.74) is 2.21. The lowest BCUT2D eigenvalue weighted by Gasteiger charge is -2.18. The number of rotatable bonds is 7. The number of aromatic nitrogens is 1. The molecular weight excluding hydrogens is 280 g/mol. The van der Waals surface area contributed by atoms with E-state index >= 15 is 0 Å². The maximum Gasteiger partial charge on any atom is 0.203 e. The molecule has 22 heavy (non-hydrogen) atoms. The van der Waals surface area contributed by atoms with Gasteiger partial charge in [-0.05, 0) is 36.2 Å². The second-order valence-electron chi connectivity index (χ2n) is 4.92. The van der Waals surface area contributed by atoms with Gasteiger partial charge in [0.2, 0.25) is 5.75 Å². The van der Waals surface area contributed by atoms with Crippen molar-refractivity contribution in [3.63, 3.8) is 0 Å². The summed E-state index contributed by atoms with van der Waals surface area (Å²) in [5, 5.41) is 3.46. The van der Waals surface area contributed by atoms with Crippen molar-refractivity contribution >= 4 is 0 Å². The van der Waals surface area contributed by atoms with E-state index in [9.17, 15) is 0 Å². The van der Waals surface area contributed by atoms with Gasteiger partial charge in [-0.1, -0.05) is 6.07 Å². The molecule has 0 bridgehead atoms. The van der Waals surface area contributed by atoms with E-state index in [2.05, 4.69) is 17.2 Å². The molecule has 0 spiro atoms. The Balaban J connectivity index is 2.16. The molecule has 5 heteroatoms. The quantitative estimate of drug-likeness (QED) is 0.852. The highest BCUT2D eigenvalue weighted by molar-refractivity contribution is 5.54. The molecule has 1 heterocycles. The molecule has 0 fully saturated rings. The lowest BCUT2D eigenvalue weighted by atomic mass is 10.1. The Hall–Kier alpha value is -2.27. The molecule has 0 radical (unpaired) electrons. The molecule has 0 aliphatic heterocycles. The molecule has 1 aromatic carbocycles. The van der Waals surface area contributed by atoms with Crippen LogP contribution in [0.2, 0.25) is 0 Å². The van der Waals surface area contributed by atoms with E-state index in [0.717, 1.165) is 17.7 Å². The predicted molar refractivity (Wildman–Crippen MR) is 85.6 cm³/mol. The number of hydrogen-bond acceptors (Lipinski definition) is 5. The summed E-state index contributed by atoms with van der Waals surface area (Å²) in [6, 6.07) is 8.03. The Labute approximate surface area is 131 Å². The van der Waals surface area contributed by atoms with E-state index < -0.39 is 0 Å². The molecule has 2 aromatic rings. The van der Waals surface area contributed by atoms with E-state index in [-0.39, 0.29) is 6.04 Å². The largest absolute Gasteiger partial charge is 0.493 e. The number of nitrogens with one attached hydrogen (secondary N) is 1. The Bertz CT molecular complexity index is 577. The number of nitrogens with zero attached hydrogens (tertiary/aromatic N) is 1. The van der Waals surface area contributed by atoms with E-state index in [1.807, 2.05) is 30.5 Å². The van der Waals surface area contributed by atoms with Crippen molar-refractivity contribution in [1.29, 1.82) is 0 Å². The summed E-state index contributed by atoms with van der Waals surface area (Å²) in [7, 11) is 4.84. The SMILES string of the molecule is COc1cc(C(C)NCc2cccnc2)cc(OC)c1OC. The van der Waals surface area contributed by atoms with Crippen LogP contribution in [0.3, 0.4) is 0 Å². The lowest BCUT2D eigenvalue weighted by molar-refractivity contribution is 0.323. The molecule has 1 aromatic heterocycles. The third-order valence-corrected chi connectivity index (χ3v) is 3.52. The Morgan fingerprint density at radius 1 is 1.09 bits per heavy atom. The maximum atomic E-state index is 5.39. The first-order valence-corrected chi connectivity index (χ1v) is 7.11. The molecule has 0 aliphatic rings. The number of hydrogen-bond donors (Lipinski definition) is 1. The van der Waals surface area contributed by atoms with Crippen LogP contribution >= 0.6 is 0 Å². The van der Waals surface area contributed by atoms with Crippen molar-refractivity contribution in [3.05, 3.63) is 47.8 Å². The van der Waals surface area contributed by atoms with Gasteiger partial charge in [0.1, 0.15) is 0 Å². The fourth-order valence-corrected chi connectivity index (χ4v) is 2.24. The number of methoxy groups -OCH3 is 3. The third kappa shape index (κ3) is 3.68. The van der Waals surface area contributed by atoms with Crippen molar-refractivity contribution < 1.29 is 14.2 Å². The van der Waals surface area contributed by atoms with Crippen molar-refractivity contribution in [3.8, 4) is 17.2 Å². The molecule has 1 atom stereocenters. The summed E-state index contributed by atoms with van der Waals surface area (Å²) < 4.78 is 16.1. The van der Waals surface area contributed by atoms with E-state index in [1.54, 1.807) is 27.5 Å². The smallest absolute Gasteiger partial charge is 0.203 e. The molecule has 5 nitrogen and oxygen atoms in total. The highest BCUT2D eigenvalue weighted by Gasteiger charge is 2.16. The van der Waals surface area contributed by atoms with Crippen molar-refractivity contribution in [2.75, 3.05) is 21.3 Å². The van der Waals surface area contributed by atoms with Crippen LogP contribution in [0, 0.1) is 0 Å². The number of pyridine rings is 1. The van der Waals surface area contributed by atoms with Gasteiger partial charge in [-0.25, -0.2) is 0 Å². The van der Waals surface area contributed by atoms with Gasteiger partial charge < -0.3 is 19.5 Å². The Kier molecular flexibility index (Phi) is 5.61. The van der Waals surface area contributed by atoms with Gasteiger partial charge in [-0.3, -0.25) is 4.98 Å². The van der Waals surface area contributed by atoms with E-state index in [0.29, 0.717) is 17.2 Å². The van der Waals surface area contributed by atoms with Crippen LogP contribution in [0.4, 0.5) is 0 Å². The molecule has 0 aliphatic carbocycles. The van der Waals surface area contributed by atoms with Crippen LogP contribution in [-0.4, -0.2) is 26.3 Å². The second-order valence-corrected chi connectivity index (χ2v) is 4.92. The molecule has 1 unspecified atom stereocenters. The summed E-state index contributed by atoms with van der Waals surface area (Å²) >= 11 is 0. The van der Waals surface area contributed by atoms with Gasteiger partial charge in [-0.15, -0.1) is 0 Å². The normalized spacial score (nSPS) is 11.8. The van der Waals surface area contributed by atoms with E-state index in [4.69, 9.17) is 14.2 Å². The van der Waals surface area contributed by atoms with Crippen molar-refractivity contribution in [2.45, 2.75) is 19.5 Å². The van der Waals surface area contributed by atoms with Crippen LogP contribution in [0.25, 0.3) is 0 Å². The molecule has 2 rings (SSSR count). The zero-order chi connectivity index (χ0) is 15.9. The molecular formula is C17H22N2O3. The fourth-order valence-electron chi connectivity index (χ4n) is 2.24. The monoisotopic (exact) mass is 302 g/mol. The zero-order valence-electron chi connectivity index (χ0n) is 13.4. The maximum absolute atomic E-state index is 5.39. The van der Waals surface area contributed by atoms with Gasteiger partial charge >= 0.3 is 0 Å². The fraction of sp³-hybridized carbons (Fsp3) is 0.353. The van der Waals surface area contributed by atoms with Crippen LogP contribution in [0.1, 0.15) is 24.1 Å². The first-order valence-electron chi connectivity index (χ1n) is 7.11. The minimum absolute atomic E-state index is 0.133. The first-order chi connectivity index (χ1) is 10.7. The summed E-state index contributed by atoms with van der Waals surface area (Å²) in [6.07, 6.45) is 3.63. The van der Waals surface area contributed by atoms with Gasteiger partial charge in [0, 0.05) is 25.0 Å². The highest BCUT2D eigenvalue weighted by atomic mass is 16.5. The average molecular weight is 302 g/mol. The minimum Gasteiger partial charge on any atom is -0.493 e. The summed E-state index contributed by atoms with van der Waals surface area (Å²) in [6.45, 7) is 2.84. The van der Waals surface area contributed by atoms with Crippen LogP contribution in [-0.2, 0) is 6.54 Å². The first kappa shape index (κ1) is 16.1. The lowest BCUT2D eigenvalue weighted by Crippen LogP contribution is -2.18. The van der Waals surface area contributed by atoms with Crippen molar-refractivity contribution in [2.24, 2.45) is 0 Å². The molecule has 0 saturated carbocycles. The third-order valence-electron chi connectivity index (χ3n) is 3.52. The van der Waals surface area contributed by atoms with E-state index in [1.165, 1.54) is 0 Å². The van der Waals surface area contributed by atoms with Gasteiger partial charge in [0.15, 0.2) is 11.5 Å². The Morgan fingerprint density at radius 2 is 1.77 bits per heavy atom. The zero-order valence-corrected chi connectivity index (χ0v) is 13.4. The summed E-state index contributed by atoms with van der Waals surface area (Å²) in [5.74, 6) is 1.92. The standard InChI is InChI=1S/C17H22N2O3/c1-12(19-11-13-6-5-7-18-10-13)14-8-15(20-2)17(22-4)16(9-14)21-3/h5-10,12,19H,11H2,1-4H3. The van der Waals surface area contributed by atoms with Crippen LogP contribution in [0.5, 0.6) is 17.2 Å².